The minimum absolute atomic E-state index is 0.198. The number of aromatic nitrogens is 3. The monoisotopic (exact) mass is 282 g/mol. The normalized spacial score (nSPS) is 10.6. The maximum Gasteiger partial charge on any atom is 0.137 e. The molecule has 4 nitrogen and oxygen atoms in total. The Kier molecular flexibility index (Phi) is 3.64. The van der Waals surface area contributed by atoms with E-state index in [1.54, 1.807) is 24.8 Å². The smallest absolute Gasteiger partial charge is 0.137 e. The van der Waals surface area contributed by atoms with Crippen molar-refractivity contribution < 1.29 is 4.39 Å². The number of anilines is 1. The van der Waals surface area contributed by atoms with Gasteiger partial charge in [-0.15, -0.1) is 0 Å². The van der Waals surface area contributed by atoms with E-state index in [0.717, 1.165) is 17.1 Å². The maximum absolute atomic E-state index is 13.7. The molecular weight excluding hydrogens is 267 g/mol. The van der Waals surface area contributed by atoms with Crippen molar-refractivity contribution in [1.29, 1.82) is 0 Å². The van der Waals surface area contributed by atoms with E-state index in [2.05, 4.69) is 15.3 Å². The summed E-state index contributed by atoms with van der Waals surface area (Å²) in [7, 11) is 0. The van der Waals surface area contributed by atoms with Crippen molar-refractivity contribution in [2.75, 3.05) is 5.32 Å². The summed E-state index contributed by atoms with van der Waals surface area (Å²) in [5.41, 5.74) is 2.54. The third kappa shape index (κ3) is 3.08. The highest BCUT2D eigenvalue weighted by Gasteiger charge is 2.03. The van der Waals surface area contributed by atoms with Crippen LogP contribution >= 0.6 is 0 Å². The first kappa shape index (κ1) is 13.3. The van der Waals surface area contributed by atoms with Crippen molar-refractivity contribution in [3.05, 3.63) is 72.2 Å². The second kappa shape index (κ2) is 5.75. The molecule has 2 heterocycles. The quantitative estimate of drug-likeness (QED) is 0.798. The van der Waals surface area contributed by atoms with Gasteiger partial charge in [0.15, 0.2) is 0 Å². The Hall–Kier alpha value is -2.69. The number of rotatable bonds is 4. The first-order chi connectivity index (χ1) is 10.2. The molecule has 0 radical (unpaired) electrons. The summed E-state index contributed by atoms with van der Waals surface area (Å²) in [6, 6.07) is 8.90. The highest BCUT2D eigenvalue weighted by atomic mass is 19.1. The van der Waals surface area contributed by atoms with Crippen LogP contribution < -0.4 is 5.32 Å². The lowest BCUT2D eigenvalue weighted by molar-refractivity contribution is 0.612. The van der Waals surface area contributed by atoms with E-state index in [0.29, 0.717) is 12.1 Å². The van der Waals surface area contributed by atoms with Crippen LogP contribution in [0.2, 0.25) is 0 Å². The van der Waals surface area contributed by atoms with E-state index in [1.165, 1.54) is 6.07 Å². The standard InChI is InChI=1S/C16H15FN4/c1-12-2-4-15(17)13(8-12)9-19-14-3-5-16(20-10-14)21-7-6-18-11-21/h2-8,10-11,19H,9H2,1H3. The molecule has 0 aliphatic rings. The fourth-order valence-electron chi connectivity index (χ4n) is 2.07. The summed E-state index contributed by atoms with van der Waals surface area (Å²) in [6.45, 7) is 2.38. The molecule has 3 aromatic rings. The number of aryl methyl sites for hydroxylation is 1. The van der Waals surface area contributed by atoms with Crippen LogP contribution in [0.15, 0.2) is 55.2 Å². The number of nitrogens with one attached hydrogen (secondary N) is 1. The molecule has 0 saturated carbocycles. The van der Waals surface area contributed by atoms with Gasteiger partial charge in [0.25, 0.3) is 0 Å². The second-order valence-electron chi connectivity index (χ2n) is 4.82. The van der Waals surface area contributed by atoms with Crippen LogP contribution in [-0.2, 0) is 6.54 Å². The molecule has 106 valence electrons. The van der Waals surface area contributed by atoms with Gasteiger partial charge in [0.2, 0.25) is 0 Å². The Bertz CT molecular complexity index is 721. The molecule has 0 unspecified atom stereocenters. The molecule has 0 aliphatic carbocycles. The highest BCUT2D eigenvalue weighted by Crippen LogP contribution is 2.14. The number of hydrogen-bond acceptors (Lipinski definition) is 3. The second-order valence-corrected chi connectivity index (χ2v) is 4.82. The Morgan fingerprint density at radius 3 is 2.86 bits per heavy atom. The molecule has 1 N–H and O–H groups in total. The van der Waals surface area contributed by atoms with Gasteiger partial charge in [0.1, 0.15) is 18.0 Å². The molecule has 0 spiro atoms. The van der Waals surface area contributed by atoms with E-state index >= 15 is 0 Å². The number of halogens is 1. The number of nitrogens with zero attached hydrogens (tertiary/aromatic N) is 3. The minimum atomic E-state index is -0.198. The Balaban J connectivity index is 1.70. The van der Waals surface area contributed by atoms with E-state index in [-0.39, 0.29) is 5.82 Å². The molecule has 0 fully saturated rings. The van der Waals surface area contributed by atoms with Crippen LogP contribution in [0.1, 0.15) is 11.1 Å². The van der Waals surface area contributed by atoms with Crippen molar-refractivity contribution in [2.24, 2.45) is 0 Å². The highest BCUT2D eigenvalue weighted by molar-refractivity contribution is 5.44. The van der Waals surface area contributed by atoms with Crippen molar-refractivity contribution in [1.82, 2.24) is 14.5 Å². The summed E-state index contributed by atoms with van der Waals surface area (Å²) in [6.07, 6.45) is 6.95. The van der Waals surface area contributed by atoms with Gasteiger partial charge in [-0.3, -0.25) is 4.57 Å². The van der Waals surface area contributed by atoms with Crippen molar-refractivity contribution in [3.8, 4) is 5.82 Å². The topological polar surface area (TPSA) is 42.7 Å². The molecule has 5 heteroatoms. The zero-order chi connectivity index (χ0) is 14.7. The fourth-order valence-corrected chi connectivity index (χ4v) is 2.07. The van der Waals surface area contributed by atoms with Gasteiger partial charge in [-0.25, -0.2) is 14.4 Å². The Morgan fingerprint density at radius 1 is 1.24 bits per heavy atom. The summed E-state index contributed by atoms with van der Waals surface area (Å²) >= 11 is 0. The van der Waals surface area contributed by atoms with Gasteiger partial charge in [-0.05, 0) is 25.1 Å². The molecule has 0 aliphatic heterocycles. The molecule has 0 bridgehead atoms. The average molecular weight is 282 g/mol. The van der Waals surface area contributed by atoms with Crippen molar-refractivity contribution in [2.45, 2.75) is 13.5 Å². The average Bonchev–Trinajstić information content (AvgIpc) is 3.03. The third-order valence-corrected chi connectivity index (χ3v) is 3.20. The Labute approximate surface area is 122 Å². The number of imidazole rings is 1. The zero-order valence-corrected chi connectivity index (χ0v) is 11.6. The molecule has 21 heavy (non-hydrogen) atoms. The van der Waals surface area contributed by atoms with Gasteiger partial charge in [0, 0.05) is 24.5 Å². The summed E-state index contributed by atoms with van der Waals surface area (Å²) < 4.78 is 15.5. The predicted octanol–water partition coefficient (Wildman–Crippen LogP) is 3.33. The van der Waals surface area contributed by atoms with Crippen LogP contribution in [0.3, 0.4) is 0 Å². The number of pyridine rings is 1. The molecule has 0 saturated heterocycles. The van der Waals surface area contributed by atoms with Crippen LogP contribution in [0.25, 0.3) is 5.82 Å². The largest absolute Gasteiger partial charge is 0.380 e. The van der Waals surface area contributed by atoms with Crippen LogP contribution in [0, 0.1) is 12.7 Å². The van der Waals surface area contributed by atoms with Crippen LogP contribution in [0.4, 0.5) is 10.1 Å². The molecule has 0 atom stereocenters. The van der Waals surface area contributed by atoms with Gasteiger partial charge >= 0.3 is 0 Å². The number of hydrogen-bond donors (Lipinski definition) is 1. The van der Waals surface area contributed by atoms with Crippen molar-refractivity contribution >= 4 is 5.69 Å². The fraction of sp³-hybridized carbons (Fsp3) is 0.125. The van der Waals surface area contributed by atoms with Gasteiger partial charge < -0.3 is 5.32 Å². The minimum Gasteiger partial charge on any atom is -0.380 e. The van der Waals surface area contributed by atoms with E-state index < -0.39 is 0 Å². The molecular formula is C16H15FN4. The molecule has 1 aromatic carbocycles. The zero-order valence-electron chi connectivity index (χ0n) is 11.6. The molecule has 3 rings (SSSR count). The first-order valence-electron chi connectivity index (χ1n) is 6.66. The van der Waals surface area contributed by atoms with E-state index in [4.69, 9.17) is 0 Å². The van der Waals surface area contributed by atoms with Crippen LogP contribution in [0.5, 0.6) is 0 Å². The molecule has 2 aromatic heterocycles. The summed E-state index contributed by atoms with van der Waals surface area (Å²) in [5, 5.41) is 3.17. The maximum atomic E-state index is 13.7. The number of benzene rings is 1. The van der Waals surface area contributed by atoms with Gasteiger partial charge in [0.05, 0.1) is 11.9 Å². The predicted molar refractivity (Wildman–Crippen MR) is 79.8 cm³/mol. The SMILES string of the molecule is Cc1ccc(F)c(CNc2ccc(-n3ccnc3)nc2)c1. The lowest BCUT2D eigenvalue weighted by atomic mass is 10.1. The summed E-state index contributed by atoms with van der Waals surface area (Å²) in [4.78, 5) is 8.32. The van der Waals surface area contributed by atoms with Crippen LogP contribution in [-0.4, -0.2) is 14.5 Å². The lowest BCUT2D eigenvalue weighted by Crippen LogP contribution is -2.03. The van der Waals surface area contributed by atoms with E-state index in [9.17, 15) is 4.39 Å². The first-order valence-corrected chi connectivity index (χ1v) is 6.66. The van der Waals surface area contributed by atoms with Gasteiger partial charge in [-0.2, -0.15) is 0 Å². The Morgan fingerprint density at radius 2 is 2.14 bits per heavy atom. The molecule has 0 amide bonds. The van der Waals surface area contributed by atoms with E-state index in [1.807, 2.05) is 35.9 Å². The summed E-state index contributed by atoms with van der Waals surface area (Å²) in [5.74, 6) is 0.593. The van der Waals surface area contributed by atoms with Gasteiger partial charge in [-0.1, -0.05) is 17.7 Å². The van der Waals surface area contributed by atoms with Crippen molar-refractivity contribution in [3.63, 3.8) is 0 Å². The lowest BCUT2D eigenvalue weighted by Gasteiger charge is -2.09. The third-order valence-electron chi connectivity index (χ3n) is 3.20.